The van der Waals surface area contributed by atoms with Crippen molar-refractivity contribution in [1.29, 1.82) is 0 Å². The second-order valence-corrected chi connectivity index (χ2v) is 7.91. The van der Waals surface area contributed by atoms with Crippen LogP contribution in [0.3, 0.4) is 0 Å². The van der Waals surface area contributed by atoms with Gasteiger partial charge in [-0.15, -0.1) is 0 Å². The summed E-state index contributed by atoms with van der Waals surface area (Å²) in [6.45, 7) is 3.71. The molecule has 0 aliphatic carbocycles. The molecule has 0 fully saturated rings. The van der Waals surface area contributed by atoms with E-state index in [4.69, 9.17) is 17.3 Å². The molecule has 0 bridgehead atoms. The minimum atomic E-state index is -0.874. The van der Waals surface area contributed by atoms with Gasteiger partial charge in [-0.1, -0.05) is 53.7 Å². The van der Waals surface area contributed by atoms with Crippen LogP contribution in [0.1, 0.15) is 12.5 Å². The van der Waals surface area contributed by atoms with Gasteiger partial charge in [-0.25, -0.2) is 9.78 Å². The summed E-state index contributed by atoms with van der Waals surface area (Å²) in [6, 6.07) is 14.5. The van der Waals surface area contributed by atoms with E-state index in [2.05, 4.69) is 10.3 Å². The standard InChI is InChI=1S/C20H19ClN4O2S/c1-12-5-3-4-6-16(12)25-17(14-7-9-15(21)10-8-14)11-23-20(25)28-13(2)18(26)24-19(22)27/h3-11,13H,1-2H3,(H3,22,24,26,27)/t13-/m0/s1. The number of carbonyl (C=O) groups is 2. The minimum Gasteiger partial charge on any atom is -0.351 e. The zero-order chi connectivity index (χ0) is 20.3. The van der Waals surface area contributed by atoms with E-state index in [9.17, 15) is 9.59 Å². The maximum Gasteiger partial charge on any atom is 0.318 e. The molecule has 3 rings (SSSR count). The van der Waals surface area contributed by atoms with Crippen molar-refractivity contribution in [2.24, 2.45) is 5.73 Å². The summed E-state index contributed by atoms with van der Waals surface area (Å²) in [5, 5.41) is 2.83. The third kappa shape index (κ3) is 4.37. The molecule has 3 N–H and O–H groups in total. The number of aryl methyl sites for hydroxylation is 1. The topological polar surface area (TPSA) is 90.0 Å². The highest BCUT2D eigenvalue weighted by Gasteiger charge is 2.22. The quantitative estimate of drug-likeness (QED) is 0.613. The number of rotatable bonds is 5. The van der Waals surface area contributed by atoms with Gasteiger partial charge in [0.15, 0.2) is 5.16 Å². The molecule has 2 aromatic carbocycles. The van der Waals surface area contributed by atoms with E-state index in [-0.39, 0.29) is 0 Å². The van der Waals surface area contributed by atoms with Gasteiger partial charge in [0.2, 0.25) is 5.91 Å². The molecule has 0 saturated carbocycles. The Hall–Kier alpha value is -2.77. The number of nitrogens with zero attached hydrogens (tertiary/aromatic N) is 2. The predicted octanol–water partition coefficient (Wildman–Crippen LogP) is 4.18. The number of hydrogen-bond donors (Lipinski definition) is 2. The molecular formula is C20H19ClN4O2S. The molecule has 1 heterocycles. The van der Waals surface area contributed by atoms with Gasteiger partial charge in [-0.3, -0.25) is 14.7 Å². The molecule has 1 atom stereocenters. The van der Waals surface area contributed by atoms with Gasteiger partial charge in [0.25, 0.3) is 0 Å². The molecule has 144 valence electrons. The van der Waals surface area contributed by atoms with E-state index in [0.29, 0.717) is 10.2 Å². The highest BCUT2D eigenvalue weighted by Crippen LogP contribution is 2.33. The average Bonchev–Trinajstić information content (AvgIpc) is 3.05. The number of benzene rings is 2. The number of imidazole rings is 1. The second-order valence-electron chi connectivity index (χ2n) is 6.17. The van der Waals surface area contributed by atoms with Crippen LogP contribution in [0.15, 0.2) is 59.9 Å². The van der Waals surface area contributed by atoms with Gasteiger partial charge in [-0.2, -0.15) is 0 Å². The molecule has 1 aromatic heterocycles. The summed E-state index contributed by atoms with van der Waals surface area (Å²) < 4.78 is 2.00. The van der Waals surface area contributed by atoms with Crippen LogP contribution in [0, 0.1) is 6.92 Å². The number of para-hydroxylation sites is 1. The van der Waals surface area contributed by atoms with Crippen molar-refractivity contribution in [2.75, 3.05) is 0 Å². The van der Waals surface area contributed by atoms with E-state index in [1.165, 1.54) is 11.8 Å². The number of halogens is 1. The second kappa shape index (κ2) is 8.50. The normalized spacial score (nSPS) is 11.8. The number of amides is 3. The third-order valence-corrected chi connectivity index (χ3v) is 5.44. The van der Waals surface area contributed by atoms with Gasteiger partial charge in [0, 0.05) is 10.6 Å². The number of hydrogen-bond acceptors (Lipinski definition) is 4. The molecule has 28 heavy (non-hydrogen) atoms. The van der Waals surface area contributed by atoms with Crippen LogP contribution in [0.5, 0.6) is 0 Å². The van der Waals surface area contributed by atoms with Crippen LogP contribution in [-0.4, -0.2) is 26.7 Å². The Bertz CT molecular complexity index is 1020. The molecular weight excluding hydrogens is 396 g/mol. The largest absolute Gasteiger partial charge is 0.351 e. The third-order valence-electron chi connectivity index (χ3n) is 4.12. The number of nitrogens with two attached hydrogens (primary N) is 1. The van der Waals surface area contributed by atoms with Crippen LogP contribution in [0.4, 0.5) is 4.79 Å². The van der Waals surface area contributed by atoms with Crippen molar-refractivity contribution in [1.82, 2.24) is 14.9 Å². The highest BCUT2D eigenvalue weighted by atomic mass is 35.5. The SMILES string of the molecule is Cc1ccccc1-n1c(-c2ccc(Cl)cc2)cnc1S[C@@H](C)C(=O)NC(N)=O. The van der Waals surface area contributed by atoms with E-state index in [1.54, 1.807) is 13.1 Å². The Labute approximate surface area is 172 Å². The number of imide groups is 1. The molecule has 0 aliphatic heterocycles. The summed E-state index contributed by atoms with van der Waals surface area (Å²) in [6.07, 6.45) is 1.76. The van der Waals surface area contributed by atoms with Crippen LogP contribution in [0.25, 0.3) is 16.9 Å². The molecule has 3 amide bonds. The lowest BCUT2D eigenvalue weighted by Gasteiger charge is -2.16. The van der Waals surface area contributed by atoms with E-state index >= 15 is 0 Å². The van der Waals surface area contributed by atoms with Crippen molar-refractivity contribution >= 4 is 35.3 Å². The zero-order valence-electron chi connectivity index (χ0n) is 15.3. The van der Waals surface area contributed by atoms with E-state index in [0.717, 1.165) is 22.5 Å². The number of aromatic nitrogens is 2. The first kappa shape index (κ1) is 20.0. The highest BCUT2D eigenvalue weighted by molar-refractivity contribution is 8.00. The molecule has 8 heteroatoms. The molecule has 0 saturated heterocycles. The lowest BCUT2D eigenvalue weighted by molar-refractivity contribution is -0.119. The fourth-order valence-electron chi connectivity index (χ4n) is 2.72. The maximum absolute atomic E-state index is 12.1. The minimum absolute atomic E-state index is 0.468. The van der Waals surface area contributed by atoms with Crippen molar-refractivity contribution in [3.05, 3.63) is 65.3 Å². The Balaban J connectivity index is 2.06. The van der Waals surface area contributed by atoms with E-state index < -0.39 is 17.2 Å². The Morgan fingerprint density at radius 2 is 1.86 bits per heavy atom. The van der Waals surface area contributed by atoms with Crippen LogP contribution < -0.4 is 11.1 Å². The summed E-state index contributed by atoms with van der Waals surface area (Å²) in [4.78, 5) is 27.6. The van der Waals surface area contributed by atoms with Crippen LogP contribution >= 0.6 is 23.4 Å². The molecule has 0 spiro atoms. The lowest BCUT2D eigenvalue weighted by Crippen LogP contribution is -2.39. The molecule has 0 unspecified atom stereocenters. The van der Waals surface area contributed by atoms with Crippen molar-refractivity contribution < 1.29 is 9.59 Å². The number of nitrogens with one attached hydrogen (secondary N) is 1. The van der Waals surface area contributed by atoms with Gasteiger partial charge in [0.1, 0.15) is 0 Å². The predicted molar refractivity (Wildman–Crippen MR) is 112 cm³/mol. The van der Waals surface area contributed by atoms with Gasteiger partial charge < -0.3 is 5.73 Å². The fraction of sp³-hybridized carbons (Fsp3) is 0.150. The molecule has 3 aromatic rings. The number of urea groups is 1. The average molecular weight is 415 g/mol. The summed E-state index contributed by atoms with van der Waals surface area (Å²) in [7, 11) is 0. The van der Waals surface area contributed by atoms with Crippen LogP contribution in [-0.2, 0) is 4.79 Å². The van der Waals surface area contributed by atoms with E-state index in [1.807, 2.05) is 60.0 Å². The van der Waals surface area contributed by atoms with Crippen LogP contribution in [0.2, 0.25) is 5.02 Å². The Morgan fingerprint density at radius 1 is 1.18 bits per heavy atom. The summed E-state index contributed by atoms with van der Waals surface area (Å²) in [5.41, 5.74) is 8.88. The van der Waals surface area contributed by atoms with Crippen molar-refractivity contribution in [2.45, 2.75) is 24.3 Å². The fourth-order valence-corrected chi connectivity index (χ4v) is 3.75. The van der Waals surface area contributed by atoms with Gasteiger partial charge in [0.05, 0.1) is 22.8 Å². The zero-order valence-corrected chi connectivity index (χ0v) is 16.9. The van der Waals surface area contributed by atoms with Gasteiger partial charge in [-0.05, 0) is 37.6 Å². The maximum atomic E-state index is 12.1. The van der Waals surface area contributed by atoms with Crippen molar-refractivity contribution in [3.8, 4) is 16.9 Å². The Morgan fingerprint density at radius 3 is 2.50 bits per heavy atom. The van der Waals surface area contributed by atoms with Gasteiger partial charge >= 0.3 is 6.03 Å². The Kier molecular flexibility index (Phi) is 6.06. The molecule has 0 radical (unpaired) electrons. The molecule has 6 nitrogen and oxygen atoms in total. The first-order valence-electron chi connectivity index (χ1n) is 8.53. The lowest BCUT2D eigenvalue weighted by atomic mass is 10.1. The smallest absolute Gasteiger partial charge is 0.318 e. The number of primary amides is 1. The monoisotopic (exact) mass is 414 g/mol. The first-order valence-corrected chi connectivity index (χ1v) is 9.79. The molecule has 0 aliphatic rings. The van der Waals surface area contributed by atoms with Crippen molar-refractivity contribution in [3.63, 3.8) is 0 Å². The first-order chi connectivity index (χ1) is 13.4. The summed E-state index contributed by atoms with van der Waals surface area (Å²) in [5.74, 6) is -0.468. The number of carbonyl (C=O) groups excluding carboxylic acids is 2. The number of thioether (sulfide) groups is 1. The summed E-state index contributed by atoms with van der Waals surface area (Å²) >= 11 is 7.27.